The average Bonchev–Trinajstić information content (AvgIpc) is 2.56. The number of sulfonamides is 1. The first-order valence-electron chi connectivity index (χ1n) is 7.75. The van der Waals surface area contributed by atoms with Crippen molar-refractivity contribution in [2.45, 2.75) is 50.6 Å². The molecule has 0 bridgehead atoms. The molecule has 3 aliphatic rings. The lowest BCUT2D eigenvalue weighted by Gasteiger charge is -2.33. The summed E-state index contributed by atoms with van der Waals surface area (Å²) in [6.45, 7) is 9.56. The number of ether oxygens (including phenoxy) is 1. The molecular weight excluding hydrogens is 305 g/mol. The van der Waals surface area contributed by atoms with Crippen molar-refractivity contribution in [2.75, 3.05) is 26.3 Å². The molecule has 2 fully saturated rings. The van der Waals surface area contributed by atoms with Crippen LogP contribution in [0.2, 0.25) is 0 Å². The fraction of sp³-hybridized carbons (Fsp3) is 0.857. The molecule has 6 nitrogen and oxygen atoms in total. The van der Waals surface area contributed by atoms with E-state index in [0.717, 1.165) is 5.47 Å². The Labute approximate surface area is 133 Å². The third-order valence-corrected chi connectivity index (χ3v) is 7.32. The van der Waals surface area contributed by atoms with Gasteiger partial charge >= 0.3 is 7.12 Å². The Kier molecular flexibility index (Phi) is 3.97. The monoisotopic (exact) mass is 329 g/mol. The summed E-state index contributed by atoms with van der Waals surface area (Å²) in [4.78, 5) is 0. The van der Waals surface area contributed by atoms with Crippen LogP contribution in [-0.2, 0) is 24.1 Å². The fourth-order valence-corrected chi connectivity index (χ4v) is 4.29. The van der Waals surface area contributed by atoms with Crippen molar-refractivity contribution in [3.05, 3.63) is 11.5 Å². The molecular formula is C14H24BNO5S. The molecule has 0 atom stereocenters. The molecule has 0 aromatic rings. The Morgan fingerprint density at radius 3 is 2.18 bits per heavy atom. The van der Waals surface area contributed by atoms with Gasteiger partial charge in [0.15, 0.2) is 0 Å². The molecule has 0 N–H and O–H groups in total. The Morgan fingerprint density at radius 1 is 1.18 bits per heavy atom. The third kappa shape index (κ3) is 2.65. The van der Waals surface area contributed by atoms with Crippen LogP contribution < -0.4 is 0 Å². The van der Waals surface area contributed by atoms with E-state index in [9.17, 15) is 8.42 Å². The lowest BCUT2D eigenvalue weighted by Crippen LogP contribution is -2.50. The van der Waals surface area contributed by atoms with Crippen molar-refractivity contribution in [2.24, 2.45) is 0 Å². The molecule has 8 heteroatoms. The van der Waals surface area contributed by atoms with Gasteiger partial charge in [0.05, 0.1) is 24.4 Å². The molecule has 0 radical (unpaired) electrons. The van der Waals surface area contributed by atoms with E-state index in [0.29, 0.717) is 32.7 Å². The second kappa shape index (κ2) is 5.31. The maximum Gasteiger partial charge on any atom is 0.490 e. The standard InChI is InChI=1S/C14H24BNO5S/c1-13(2)14(3,4)21-15(20-13)11-5-7-16(8-6-11)22(17,18)12-9-19-10-12/h5,12H,6-10H2,1-4H3. The highest BCUT2D eigenvalue weighted by molar-refractivity contribution is 7.89. The van der Waals surface area contributed by atoms with Crippen LogP contribution in [0, 0.1) is 0 Å². The van der Waals surface area contributed by atoms with E-state index in [1.54, 1.807) is 0 Å². The molecule has 2 saturated heterocycles. The summed E-state index contributed by atoms with van der Waals surface area (Å²) in [6.07, 6.45) is 2.58. The summed E-state index contributed by atoms with van der Waals surface area (Å²) >= 11 is 0. The minimum absolute atomic E-state index is 0.312. The van der Waals surface area contributed by atoms with Crippen LogP contribution in [0.25, 0.3) is 0 Å². The quantitative estimate of drug-likeness (QED) is 0.722. The smallest absolute Gasteiger partial charge is 0.400 e. The van der Waals surface area contributed by atoms with Gasteiger partial charge in [0.25, 0.3) is 0 Å². The molecule has 0 amide bonds. The van der Waals surface area contributed by atoms with E-state index in [1.165, 1.54) is 4.31 Å². The third-order valence-electron chi connectivity index (χ3n) is 5.15. The van der Waals surface area contributed by atoms with Gasteiger partial charge in [-0.05, 0) is 39.6 Å². The highest BCUT2D eigenvalue weighted by Gasteiger charge is 2.52. The van der Waals surface area contributed by atoms with E-state index in [1.807, 2.05) is 33.8 Å². The number of hydrogen-bond acceptors (Lipinski definition) is 5. The van der Waals surface area contributed by atoms with Gasteiger partial charge in [-0.1, -0.05) is 6.08 Å². The first-order valence-corrected chi connectivity index (χ1v) is 9.25. The van der Waals surface area contributed by atoms with Gasteiger partial charge in [-0.15, -0.1) is 0 Å². The number of nitrogens with zero attached hydrogens (tertiary/aromatic N) is 1. The summed E-state index contributed by atoms with van der Waals surface area (Å²) in [5, 5.41) is -0.376. The van der Waals surface area contributed by atoms with Gasteiger partial charge < -0.3 is 14.0 Å². The number of rotatable bonds is 3. The number of hydrogen-bond donors (Lipinski definition) is 0. The van der Waals surface area contributed by atoms with E-state index in [2.05, 4.69) is 0 Å². The van der Waals surface area contributed by atoms with E-state index in [4.69, 9.17) is 14.0 Å². The lowest BCUT2D eigenvalue weighted by atomic mass is 9.75. The molecule has 0 aliphatic carbocycles. The average molecular weight is 329 g/mol. The summed E-state index contributed by atoms with van der Waals surface area (Å²) < 4.78 is 43.3. The van der Waals surface area contributed by atoms with Crippen molar-refractivity contribution in [1.82, 2.24) is 4.31 Å². The van der Waals surface area contributed by atoms with Crippen molar-refractivity contribution in [3.8, 4) is 0 Å². The maximum atomic E-state index is 12.4. The zero-order valence-electron chi connectivity index (χ0n) is 13.7. The molecule has 3 rings (SSSR count). The van der Waals surface area contributed by atoms with E-state index in [-0.39, 0.29) is 23.6 Å². The molecule has 22 heavy (non-hydrogen) atoms. The Balaban J connectivity index is 1.67. The van der Waals surface area contributed by atoms with Crippen LogP contribution in [0.5, 0.6) is 0 Å². The highest BCUT2D eigenvalue weighted by Crippen LogP contribution is 2.39. The van der Waals surface area contributed by atoms with E-state index >= 15 is 0 Å². The van der Waals surface area contributed by atoms with E-state index < -0.39 is 10.0 Å². The molecule has 124 valence electrons. The second-order valence-corrected chi connectivity index (χ2v) is 9.39. The first-order chi connectivity index (χ1) is 10.1. The van der Waals surface area contributed by atoms with Gasteiger partial charge in [-0.3, -0.25) is 0 Å². The molecule has 0 unspecified atom stereocenters. The van der Waals surface area contributed by atoms with Crippen LogP contribution >= 0.6 is 0 Å². The van der Waals surface area contributed by atoms with Crippen molar-refractivity contribution < 1.29 is 22.5 Å². The second-order valence-electron chi connectivity index (χ2n) is 7.18. The Morgan fingerprint density at radius 2 is 1.77 bits per heavy atom. The summed E-state index contributed by atoms with van der Waals surface area (Å²) in [5.41, 5.74) is 0.297. The predicted octanol–water partition coefficient (Wildman–Crippen LogP) is 0.978. The topological polar surface area (TPSA) is 65.1 Å². The molecule has 0 aromatic carbocycles. The molecule has 0 aromatic heterocycles. The normalized spacial score (nSPS) is 29.3. The molecule has 0 spiro atoms. The van der Waals surface area contributed by atoms with Gasteiger partial charge in [0.1, 0.15) is 5.25 Å². The Bertz CT molecular complexity index is 566. The fourth-order valence-electron chi connectivity index (χ4n) is 2.70. The maximum absolute atomic E-state index is 12.4. The van der Waals surface area contributed by atoms with Gasteiger partial charge in [0.2, 0.25) is 10.0 Å². The summed E-state index contributed by atoms with van der Waals surface area (Å²) in [5.74, 6) is 0. The minimum Gasteiger partial charge on any atom is -0.400 e. The first kappa shape index (κ1) is 16.5. The zero-order valence-corrected chi connectivity index (χ0v) is 14.5. The largest absolute Gasteiger partial charge is 0.490 e. The molecule has 0 saturated carbocycles. The van der Waals surface area contributed by atoms with Gasteiger partial charge in [-0.2, -0.15) is 4.31 Å². The van der Waals surface area contributed by atoms with Crippen molar-refractivity contribution in [3.63, 3.8) is 0 Å². The minimum atomic E-state index is -3.24. The van der Waals surface area contributed by atoms with Crippen LogP contribution in [0.15, 0.2) is 11.5 Å². The van der Waals surface area contributed by atoms with Crippen LogP contribution in [0.3, 0.4) is 0 Å². The zero-order chi connectivity index (χ0) is 16.2. The lowest BCUT2D eigenvalue weighted by molar-refractivity contribution is 0.00578. The van der Waals surface area contributed by atoms with Gasteiger partial charge in [-0.25, -0.2) is 8.42 Å². The molecule has 3 heterocycles. The Hall–Kier alpha value is -0.405. The highest BCUT2D eigenvalue weighted by atomic mass is 32.2. The summed E-state index contributed by atoms with van der Waals surface area (Å²) in [6, 6.07) is 0. The van der Waals surface area contributed by atoms with Crippen LogP contribution in [-0.4, -0.2) is 62.6 Å². The SMILES string of the molecule is CC1(C)OB(C2=CCN(S(=O)(=O)C3COC3)CC2)OC1(C)C. The molecule has 3 aliphatic heterocycles. The van der Waals surface area contributed by atoms with Crippen molar-refractivity contribution in [1.29, 1.82) is 0 Å². The predicted molar refractivity (Wildman–Crippen MR) is 83.9 cm³/mol. The summed E-state index contributed by atoms with van der Waals surface area (Å²) in [7, 11) is -3.61. The van der Waals surface area contributed by atoms with Crippen LogP contribution in [0.4, 0.5) is 0 Å². The van der Waals surface area contributed by atoms with Gasteiger partial charge in [0, 0.05) is 13.1 Å². The van der Waals surface area contributed by atoms with Crippen molar-refractivity contribution >= 4 is 17.1 Å². The van der Waals surface area contributed by atoms with Crippen LogP contribution in [0.1, 0.15) is 34.1 Å².